The van der Waals surface area contributed by atoms with Crippen LogP contribution in [0.15, 0.2) is 64.2 Å². The van der Waals surface area contributed by atoms with Gasteiger partial charge in [0, 0.05) is 47.8 Å². The van der Waals surface area contributed by atoms with Gasteiger partial charge in [-0.2, -0.15) is 0 Å². The molecular weight excluding hydrogens is 574 g/mol. The number of piperazine rings is 1. The van der Waals surface area contributed by atoms with Crippen LogP contribution >= 0.6 is 39.3 Å². The van der Waals surface area contributed by atoms with Gasteiger partial charge in [-0.3, -0.25) is 4.79 Å². The third kappa shape index (κ3) is 5.81. The number of hydrogen-bond donors (Lipinski definition) is 0. The lowest BCUT2D eigenvalue weighted by Gasteiger charge is -2.36. The molecular formula is C26H25BrClN7OS. The number of halogens is 2. The first-order valence-electron chi connectivity index (χ1n) is 11.8. The molecule has 0 atom stereocenters. The Morgan fingerprint density at radius 1 is 1.00 bits per heavy atom. The number of rotatable bonds is 6. The zero-order valence-corrected chi connectivity index (χ0v) is 23.6. The quantitative estimate of drug-likeness (QED) is 0.219. The van der Waals surface area contributed by atoms with Crippen molar-refractivity contribution >= 4 is 50.9 Å². The molecule has 4 aromatic rings. The second kappa shape index (κ2) is 11.2. The minimum absolute atomic E-state index is 0.126. The van der Waals surface area contributed by atoms with Crippen LogP contribution in [0.4, 0.5) is 5.69 Å². The summed E-state index contributed by atoms with van der Waals surface area (Å²) in [5.74, 6) is 0.325. The molecule has 2 aromatic heterocycles. The number of para-hydroxylation sites is 1. The molecule has 0 saturated carbocycles. The average Bonchev–Trinajstić information content (AvgIpc) is 3.31. The molecule has 3 heterocycles. The maximum absolute atomic E-state index is 13.7. The standard InChI is InChI=1S/C26H25BrClN7OS/c1-17-15-18(2)30-26(29-17)37-16-23-24(31-32-35(23)20-9-7-19(27)8-10-20)25(36)34-13-11-33(12-14-34)22-6-4-3-5-21(22)28/h3-10,15H,11-14,16H2,1-2H3. The smallest absolute Gasteiger partial charge is 0.276 e. The van der Waals surface area contributed by atoms with E-state index in [1.165, 1.54) is 11.8 Å². The van der Waals surface area contributed by atoms with Gasteiger partial charge in [0.05, 0.1) is 22.1 Å². The number of amides is 1. The normalized spacial score (nSPS) is 13.7. The fourth-order valence-corrected chi connectivity index (χ4v) is 5.75. The largest absolute Gasteiger partial charge is 0.367 e. The van der Waals surface area contributed by atoms with Gasteiger partial charge in [-0.25, -0.2) is 14.6 Å². The Morgan fingerprint density at radius 2 is 1.68 bits per heavy atom. The van der Waals surface area contributed by atoms with Crippen LogP contribution in [0, 0.1) is 13.8 Å². The van der Waals surface area contributed by atoms with Crippen molar-refractivity contribution in [1.82, 2.24) is 29.9 Å². The third-order valence-electron chi connectivity index (χ3n) is 6.10. The highest BCUT2D eigenvalue weighted by atomic mass is 79.9. The molecule has 1 aliphatic rings. The van der Waals surface area contributed by atoms with E-state index in [0.29, 0.717) is 53.5 Å². The number of thioether (sulfide) groups is 1. The first kappa shape index (κ1) is 25.7. The molecule has 1 fully saturated rings. The molecule has 37 heavy (non-hydrogen) atoms. The molecule has 190 valence electrons. The summed E-state index contributed by atoms with van der Waals surface area (Å²) < 4.78 is 2.69. The molecule has 0 bridgehead atoms. The van der Waals surface area contributed by atoms with Crippen molar-refractivity contribution in [3.8, 4) is 5.69 Å². The Morgan fingerprint density at radius 3 is 2.35 bits per heavy atom. The fourth-order valence-electron chi connectivity index (χ4n) is 4.29. The van der Waals surface area contributed by atoms with Crippen LogP contribution in [0.2, 0.25) is 5.02 Å². The molecule has 2 aromatic carbocycles. The molecule has 0 N–H and O–H groups in total. The summed E-state index contributed by atoms with van der Waals surface area (Å²) in [7, 11) is 0. The highest BCUT2D eigenvalue weighted by molar-refractivity contribution is 9.10. The van der Waals surface area contributed by atoms with Gasteiger partial charge < -0.3 is 9.80 Å². The SMILES string of the molecule is Cc1cc(C)nc(SCc2c(C(=O)N3CCN(c4ccccc4Cl)CC3)nnn2-c2ccc(Br)cc2)n1. The maximum Gasteiger partial charge on any atom is 0.276 e. The topological polar surface area (TPSA) is 80.0 Å². The molecule has 1 aliphatic heterocycles. The molecule has 0 aliphatic carbocycles. The summed E-state index contributed by atoms with van der Waals surface area (Å²) in [5.41, 5.74) is 4.70. The highest BCUT2D eigenvalue weighted by Crippen LogP contribution is 2.28. The molecule has 11 heteroatoms. The second-order valence-corrected chi connectivity index (χ2v) is 11.0. The number of hydrogen-bond acceptors (Lipinski definition) is 7. The average molecular weight is 599 g/mol. The number of benzene rings is 2. The van der Waals surface area contributed by atoms with E-state index in [4.69, 9.17) is 11.6 Å². The summed E-state index contributed by atoms with van der Waals surface area (Å²) in [5, 5.41) is 10.1. The minimum atomic E-state index is -0.126. The Hall–Kier alpha value is -2.95. The second-order valence-electron chi connectivity index (χ2n) is 8.73. The maximum atomic E-state index is 13.7. The van der Waals surface area contributed by atoms with Crippen LogP contribution in [-0.4, -0.2) is 61.9 Å². The molecule has 0 unspecified atom stereocenters. The zero-order valence-electron chi connectivity index (χ0n) is 20.4. The summed E-state index contributed by atoms with van der Waals surface area (Å²) in [4.78, 5) is 26.8. The van der Waals surface area contributed by atoms with E-state index in [-0.39, 0.29) is 5.91 Å². The van der Waals surface area contributed by atoms with Gasteiger partial charge in [-0.15, -0.1) is 5.10 Å². The Bertz CT molecular complexity index is 1400. The van der Waals surface area contributed by atoms with Crippen LogP contribution in [0.5, 0.6) is 0 Å². The van der Waals surface area contributed by atoms with Gasteiger partial charge in [-0.05, 0) is 56.3 Å². The van der Waals surface area contributed by atoms with Crippen molar-refractivity contribution in [3.63, 3.8) is 0 Å². The lowest BCUT2D eigenvalue weighted by Crippen LogP contribution is -2.49. The number of nitrogens with zero attached hydrogens (tertiary/aromatic N) is 7. The number of anilines is 1. The Balaban J connectivity index is 1.39. The van der Waals surface area contributed by atoms with Crippen molar-refractivity contribution < 1.29 is 4.79 Å². The van der Waals surface area contributed by atoms with E-state index in [9.17, 15) is 4.79 Å². The predicted octanol–water partition coefficient (Wildman–Crippen LogP) is 5.34. The first-order chi connectivity index (χ1) is 17.9. The van der Waals surface area contributed by atoms with Gasteiger partial charge in [0.1, 0.15) is 0 Å². The highest BCUT2D eigenvalue weighted by Gasteiger charge is 2.29. The van der Waals surface area contributed by atoms with Crippen molar-refractivity contribution in [2.45, 2.75) is 24.8 Å². The van der Waals surface area contributed by atoms with E-state index < -0.39 is 0 Å². The van der Waals surface area contributed by atoms with Crippen LogP contribution in [0.3, 0.4) is 0 Å². The number of aromatic nitrogens is 5. The summed E-state index contributed by atoms with van der Waals surface area (Å²) in [6.07, 6.45) is 0. The predicted molar refractivity (Wildman–Crippen MR) is 150 cm³/mol. The molecule has 5 rings (SSSR count). The fraction of sp³-hybridized carbons (Fsp3) is 0.269. The number of carbonyl (C=O) groups is 1. The van der Waals surface area contributed by atoms with Crippen LogP contribution < -0.4 is 4.90 Å². The van der Waals surface area contributed by atoms with E-state index in [0.717, 1.165) is 27.2 Å². The van der Waals surface area contributed by atoms with Crippen molar-refractivity contribution in [2.75, 3.05) is 31.1 Å². The van der Waals surface area contributed by atoms with Gasteiger partial charge in [-0.1, -0.05) is 56.6 Å². The zero-order chi connectivity index (χ0) is 25.9. The number of aryl methyl sites for hydroxylation is 2. The van der Waals surface area contributed by atoms with Gasteiger partial charge >= 0.3 is 0 Å². The van der Waals surface area contributed by atoms with Crippen LogP contribution in [0.1, 0.15) is 27.6 Å². The number of carbonyl (C=O) groups excluding carboxylic acids is 1. The van der Waals surface area contributed by atoms with E-state index in [1.54, 1.807) is 4.68 Å². The molecule has 1 amide bonds. The van der Waals surface area contributed by atoms with E-state index in [1.807, 2.05) is 73.3 Å². The summed E-state index contributed by atoms with van der Waals surface area (Å²) in [6, 6.07) is 17.5. The van der Waals surface area contributed by atoms with Crippen LogP contribution in [-0.2, 0) is 5.75 Å². The molecule has 8 nitrogen and oxygen atoms in total. The van der Waals surface area contributed by atoms with Crippen LogP contribution in [0.25, 0.3) is 5.69 Å². The van der Waals surface area contributed by atoms with Crippen molar-refractivity contribution in [3.05, 3.63) is 86.9 Å². The van der Waals surface area contributed by atoms with Gasteiger partial charge in [0.15, 0.2) is 10.9 Å². The van der Waals surface area contributed by atoms with Crippen molar-refractivity contribution in [1.29, 1.82) is 0 Å². The monoisotopic (exact) mass is 597 g/mol. The molecule has 1 saturated heterocycles. The van der Waals surface area contributed by atoms with E-state index in [2.05, 4.69) is 41.1 Å². The Labute approximate surface area is 233 Å². The summed E-state index contributed by atoms with van der Waals surface area (Å²) >= 11 is 11.3. The Kier molecular flexibility index (Phi) is 7.78. The van der Waals surface area contributed by atoms with E-state index >= 15 is 0 Å². The molecule has 0 spiro atoms. The minimum Gasteiger partial charge on any atom is -0.367 e. The third-order valence-corrected chi connectivity index (χ3v) is 7.80. The lowest BCUT2D eigenvalue weighted by atomic mass is 10.2. The van der Waals surface area contributed by atoms with Gasteiger partial charge in [0.25, 0.3) is 5.91 Å². The van der Waals surface area contributed by atoms with Gasteiger partial charge in [0.2, 0.25) is 0 Å². The van der Waals surface area contributed by atoms with Crippen molar-refractivity contribution in [2.24, 2.45) is 0 Å². The molecule has 0 radical (unpaired) electrons. The first-order valence-corrected chi connectivity index (χ1v) is 14.0. The lowest BCUT2D eigenvalue weighted by molar-refractivity contribution is 0.0740. The summed E-state index contributed by atoms with van der Waals surface area (Å²) in [6.45, 7) is 6.42.